The molecule has 2 heterocycles. The van der Waals surface area contributed by atoms with Crippen molar-refractivity contribution in [3.63, 3.8) is 0 Å². The molecule has 0 spiro atoms. The zero-order chi connectivity index (χ0) is 18.5. The van der Waals surface area contributed by atoms with Gasteiger partial charge in [-0.15, -0.1) is 0 Å². The number of nitrogens with zero attached hydrogens (tertiary/aromatic N) is 2. The van der Waals surface area contributed by atoms with E-state index < -0.39 is 0 Å². The van der Waals surface area contributed by atoms with Crippen LogP contribution in [-0.2, 0) is 11.3 Å². The van der Waals surface area contributed by atoms with E-state index in [-0.39, 0.29) is 12.0 Å². The van der Waals surface area contributed by atoms with Gasteiger partial charge in [-0.1, -0.05) is 48.5 Å². The minimum Gasteiger partial charge on any atom is -0.374 e. The third kappa shape index (κ3) is 4.32. The summed E-state index contributed by atoms with van der Waals surface area (Å²) in [4.78, 5) is 19.4. The van der Waals surface area contributed by atoms with Crippen LogP contribution in [0.3, 0.4) is 0 Å². The van der Waals surface area contributed by atoms with Crippen LogP contribution in [0, 0.1) is 0 Å². The van der Waals surface area contributed by atoms with Crippen LogP contribution in [0.15, 0.2) is 66.9 Å². The zero-order valence-corrected chi connectivity index (χ0v) is 15.2. The smallest absolute Gasteiger partial charge is 0.252 e. The molecule has 0 aliphatic carbocycles. The highest BCUT2D eigenvalue weighted by Gasteiger charge is 2.21. The number of nitrogens with one attached hydrogen (secondary N) is 1. The number of hydrogen-bond donors (Lipinski definition) is 1. The minimum absolute atomic E-state index is 0.000450. The van der Waals surface area contributed by atoms with E-state index in [9.17, 15) is 4.79 Å². The molecule has 2 aromatic carbocycles. The van der Waals surface area contributed by atoms with E-state index in [1.54, 1.807) is 12.3 Å². The normalized spacial score (nSPS) is 17.7. The number of benzene rings is 2. The number of morpholine rings is 1. The van der Waals surface area contributed by atoms with Crippen LogP contribution in [0.5, 0.6) is 0 Å². The molecule has 1 N–H and O–H groups in total. The van der Waals surface area contributed by atoms with Gasteiger partial charge in [0.15, 0.2) is 0 Å². The van der Waals surface area contributed by atoms with Gasteiger partial charge in [-0.25, -0.2) is 0 Å². The van der Waals surface area contributed by atoms with Gasteiger partial charge in [-0.3, -0.25) is 14.7 Å². The second-order valence-corrected chi connectivity index (χ2v) is 6.80. The van der Waals surface area contributed by atoms with Crippen molar-refractivity contribution < 1.29 is 9.53 Å². The molecule has 1 fully saturated rings. The van der Waals surface area contributed by atoms with Gasteiger partial charge in [0.1, 0.15) is 0 Å². The maximum Gasteiger partial charge on any atom is 0.252 e. The van der Waals surface area contributed by atoms with E-state index in [1.165, 1.54) is 5.56 Å². The van der Waals surface area contributed by atoms with Gasteiger partial charge in [0.05, 0.1) is 23.8 Å². The molecular formula is C22H23N3O2. The van der Waals surface area contributed by atoms with Crippen molar-refractivity contribution in [1.82, 2.24) is 15.2 Å². The lowest BCUT2D eigenvalue weighted by Crippen LogP contribution is -2.47. The number of aromatic nitrogens is 1. The first-order valence-corrected chi connectivity index (χ1v) is 9.29. The highest BCUT2D eigenvalue weighted by molar-refractivity contribution is 6.05. The lowest BCUT2D eigenvalue weighted by Gasteiger charge is -2.33. The molecule has 1 aliphatic heterocycles. The number of pyridine rings is 1. The summed E-state index contributed by atoms with van der Waals surface area (Å²) < 4.78 is 5.85. The van der Waals surface area contributed by atoms with Crippen molar-refractivity contribution in [2.45, 2.75) is 12.6 Å². The summed E-state index contributed by atoms with van der Waals surface area (Å²) in [7, 11) is 0. The number of hydrogen-bond acceptors (Lipinski definition) is 4. The van der Waals surface area contributed by atoms with Crippen molar-refractivity contribution in [2.75, 3.05) is 26.2 Å². The van der Waals surface area contributed by atoms with Crippen LogP contribution in [-0.4, -0.2) is 48.1 Å². The maximum absolute atomic E-state index is 12.7. The molecule has 0 radical (unpaired) electrons. The molecule has 138 valence electrons. The number of carbonyl (C=O) groups excluding carboxylic acids is 1. The monoisotopic (exact) mass is 361 g/mol. The fourth-order valence-corrected chi connectivity index (χ4v) is 3.48. The van der Waals surface area contributed by atoms with Crippen molar-refractivity contribution in [1.29, 1.82) is 0 Å². The van der Waals surface area contributed by atoms with Crippen LogP contribution < -0.4 is 5.32 Å². The topological polar surface area (TPSA) is 54.5 Å². The molecule has 5 heteroatoms. The van der Waals surface area contributed by atoms with E-state index in [4.69, 9.17) is 4.74 Å². The molecule has 1 aliphatic rings. The van der Waals surface area contributed by atoms with Gasteiger partial charge in [0.25, 0.3) is 5.91 Å². The summed E-state index contributed by atoms with van der Waals surface area (Å²) in [5.41, 5.74) is 2.77. The Labute approximate surface area is 159 Å². The van der Waals surface area contributed by atoms with Gasteiger partial charge < -0.3 is 10.1 Å². The summed E-state index contributed by atoms with van der Waals surface area (Å²) in [6.45, 7) is 3.82. The average molecular weight is 361 g/mol. The Morgan fingerprint density at radius 2 is 1.93 bits per heavy atom. The van der Waals surface area contributed by atoms with Crippen molar-refractivity contribution in [3.05, 3.63) is 78.0 Å². The van der Waals surface area contributed by atoms with E-state index in [0.717, 1.165) is 30.5 Å². The SMILES string of the molecule is O=C(NCC1CN(Cc2ccccc2)CCO1)c1ccnc2ccccc12. The fourth-order valence-electron chi connectivity index (χ4n) is 3.48. The number of para-hydroxylation sites is 1. The van der Waals surface area contributed by atoms with Crippen molar-refractivity contribution in [3.8, 4) is 0 Å². The van der Waals surface area contributed by atoms with Crippen LogP contribution in [0.1, 0.15) is 15.9 Å². The lowest BCUT2D eigenvalue weighted by atomic mass is 10.1. The highest BCUT2D eigenvalue weighted by Crippen LogP contribution is 2.16. The predicted octanol–water partition coefficient (Wildman–Crippen LogP) is 2.87. The molecule has 27 heavy (non-hydrogen) atoms. The first kappa shape index (κ1) is 17.6. The van der Waals surface area contributed by atoms with E-state index >= 15 is 0 Å². The summed E-state index contributed by atoms with van der Waals surface area (Å²) in [6, 6.07) is 19.9. The van der Waals surface area contributed by atoms with Gasteiger partial charge in [-0.05, 0) is 17.7 Å². The minimum atomic E-state index is -0.0858. The Hall–Kier alpha value is -2.76. The van der Waals surface area contributed by atoms with Crippen LogP contribution in [0.4, 0.5) is 0 Å². The molecule has 0 saturated carbocycles. The van der Waals surface area contributed by atoms with Gasteiger partial charge in [0.2, 0.25) is 0 Å². The van der Waals surface area contributed by atoms with Gasteiger partial charge in [0, 0.05) is 37.8 Å². The Kier molecular flexibility index (Phi) is 5.42. The largest absolute Gasteiger partial charge is 0.374 e. The Morgan fingerprint density at radius 3 is 2.81 bits per heavy atom. The molecule has 1 unspecified atom stereocenters. The van der Waals surface area contributed by atoms with E-state index in [1.807, 2.05) is 30.3 Å². The highest BCUT2D eigenvalue weighted by atomic mass is 16.5. The molecule has 1 aromatic heterocycles. The number of ether oxygens (including phenoxy) is 1. The van der Waals surface area contributed by atoms with E-state index in [2.05, 4.69) is 39.5 Å². The van der Waals surface area contributed by atoms with E-state index in [0.29, 0.717) is 18.7 Å². The Bertz CT molecular complexity index is 908. The first-order valence-electron chi connectivity index (χ1n) is 9.29. The number of amides is 1. The number of fused-ring (bicyclic) bond motifs is 1. The number of rotatable bonds is 5. The second-order valence-electron chi connectivity index (χ2n) is 6.80. The van der Waals surface area contributed by atoms with Crippen molar-refractivity contribution >= 4 is 16.8 Å². The molecule has 1 amide bonds. The summed E-state index contributed by atoms with van der Waals surface area (Å²) in [5.74, 6) is -0.0858. The van der Waals surface area contributed by atoms with Crippen molar-refractivity contribution in [2.24, 2.45) is 0 Å². The Balaban J connectivity index is 1.36. The van der Waals surface area contributed by atoms with Gasteiger partial charge >= 0.3 is 0 Å². The average Bonchev–Trinajstić information content (AvgIpc) is 2.72. The maximum atomic E-state index is 12.7. The third-order valence-electron chi connectivity index (χ3n) is 4.86. The summed E-state index contributed by atoms with van der Waals surface area (Å²) >= 11 is 0. The molecule has 3 aromatic rings. The number of carbonyl (C=O) groups is 1. The molecule has 1 saturated heterocycles. The van der Waals surface area contributed by atoms with Crippen LogP contribution in [0.2, 0.25) is 0 Å². The molecule has 0 bridgehead atoms. The molecular weight excluding hydrogens is 338 g/mol. The summed E-state index contributed by atoms with van der Waals surface area (Å²) in [6.07, 6.45) is 1.68. The lowest BCUT2D eigenvalue weighted by molar-refractivity contribution is -0.0292. The van der Waals surface area contributed by atoms with Crippen LogP contribution >= 0.6 is 0 Å². The standard InChI is InChI=1S/C22H23N3O2/c26-22(20-10-11-23-21-9-5-4-8-19(20)21)24-14-18-16-25(12-13-27-18)15-17-6-2-1-3-7-17/h1-11,18H,12-16H2,(H,24,26). The quantitative estimate of drug-likeness (QED) is 0.759. The second kappa shape index (κ2) is 8.29. The van der Waals surface area contributed by atoms with Crippen LogP contribution in [0.25, 0.3) is 10.9 Å². The van der Waals surface area contributed by atoms with Gasteiger partial charge in [-0.2, -0.15) is 0 Å². The molecule has 1 atom stereocenters. The summed E-state index contributed by atoms with van der Waals surface area (Å²) in [5, 5.41) is 3.90. The molecule has 5 nitrogen and oxygen atoms in total. The Morgan fingerprint density at radius 1 is 1.11 bits per heavy atom. The predicted molar refractivity (Wildman–Crippen MR) is 106 cm³/mol. The zero-order valence-electron chi connectivity index (χ0n) is 15.2. The first-order chi connectivity index (χ1) is 13.3. The fraction of sp³-hybridized carbons (Fsp3) is 0.273. The third-order valence-corrected chi connectivity index (χ3v) is 4.86. The molecule has 4 rings (SSSR count).